The maximum absolute atomic E-state index is 12.2. The van der Waals surface area contributed by atoms with Crippen LogP contribution in [-0.2, 0) is 0 Å². The lowest BCUT2D eigenvalue weighted by Gasteiger charge is -2.17. The van der Waals surface area contributed by atoms with E-state index in [0.717, 1.165) is 18.8 Å². The Morgan fingerprint density at radius 2 is 2.32 bits per heavy atom. The van der Waals surface area contributed by atoms with Crippen molar-refractivity contribution in [3.8, 4) is 0 Å². The Morgan fingerprint density at radius 1 is 1.58 bits per heavy atom. The Bertz CT molecular complexity index is 462. The van der Waals surface area contributed by atoms with Crippen molar-refractivity contribution in [2.75, 3.05) is 5.43 Å². The largest absolute Gasteiger partial charge is 0.348 e. The molecule has 1 amide bonds. The Hall–Kier alpha value is -1.33. The zero-order valence-electron chi connectivity index (χ0n) is 10.9. The number of nitrogens with one attached hydrogen (secondary N) is 2. The molecule has 6 heteroatoms. The second-order valence-electron chi connectivity index (χ2n) is 4.93. The van der Waals surface area contributed by atoms with Gasteiger partial charge in [0.1, 0.15) is 11.5 Å². The number of rotatable bonds is 6. The van der Waals surface area contributed by atoms with Crippen LogP contribution in [0, 0.1) is 5.92 Å². The van der Waals surface area contributed by atoms with Crippen molar-refractivity contribution in [3.63, 3.8) is 0 Å². The fraction of sp³-hybridized carbons (Fsp3) is 0.538. The maximum atomic E-state index is 12.2. The number of carbonyl (C=O) groups is 1. The van der Waals surface area contributed by atoms with Crippen molar-refractivity contribution in [3.05, 3.63) is 22.8 Å². The first kappa shape index (κ1) is 14.1. The molecule has 0 aromatic carbocycles. The molecule has 1 atom stereocenters. The summed E-state index contributed by atoms with van der Waals surface area (Å²) in [5.74, 6) is 6.23. The van der Waals surface area contributed by atoms with E-state index in [4.69, 9.17) is 17.4 Å². The van der Waals surface area contributed by atoms with Gasteiger partial charge in [-0.3, -0.25) is 4.79 Å². The Balaban J connectivity index is 2.04. The van der Waals surface area contributed by atoms with Crippen LogP contribution in [0.15, 0.2) is 12.1 Å². The second-order valence-corrected chi connectivity index (χ2v) is 5.34. The number of carbonyl (C=O) groups excluding carboxylic acids is 1. The highest BCUT2D eigenvalue weighted by Gasteiger charge is 2.26. The normalized spacial score (nSPS) is 15.9. The van der Waals surface area contributed by atoms with E-state index >= 15 is 0 Å². The zero-order chi connectivity index (χ0) is 13.8. The van der Waals surface area contributed by atoms with Crippen LogP contribution in [0.2, 0.25) is 5.02 Å². The highest BCUT2D eigenvalue weighted by atomic mass is 35.5. The molecule has 0 bridgehead atoms. The molecule has 5 nitrogen and oxygen atoms in total. The van der Waals surface area contributed by atoms with Gasteiger partial charge in [-0.05, 0) is 30.9 Å². The smallest absolute Gasteiger partial charge is 0.271 e. The van der Waals surface area contributed by atoms with Gasteiger partial charge >= 0.3 is 0 Å². The van der Waals surface area contributed by atoms with E-state index in [9.17, 15) is 4.79 Å². The topological polar surface area (TPSA) is 80.0 Å². The summed E-state index contributed by atoms with van der Waals surface area (Å²) in [7, 11) is 0. The number of pyridine rings is 1. The van der Waals surface area contributed by atoms with Gasteiger partial charge in [-0.15, -0.1) is 0 Å². The summed E-state index contributed by atoms with van der Waals surface area (Å²) in [5, 5.41) is 3.32. The lowest BCUT2D eigenvalue weighted by Crippen LogP contribution is -2.35. The van der Waals surface area contributed by atoms with Gasteiger partial charge in [-0.25, -0.2) is 10.8 Å². The Kier molecular flexibility index (Phi) is 4.61. The molecule has 1 heterocycles. The van der Waals surface area contributed by atoms with Gasteiger partial charge in [-0.2, -0.15) is 0 Å². The molecule has 104 valence electrons. The van der Waals surface area contributed by atoms with Crippen LogP contribution in [0.1, 0.15) is 43.1 Å². The first-order valence-corrected chi connectivity index (χ1v) is 6.95. The minimum Gasteiger partial charge on any atom is -0.348 e. The van der Waals surface area contributed by atoms with E-state index in [2.05, 4.69) is 22.7 Å². The van der Waals surface area contributed by atoms with Crippen molar-refractivity contribution < 1.29 is 4.79 Å². The number of hydrogen-bond acceptors (Lipinski definition) is 4. The lowest BCUT2D eigenvalue weighted by molar-refractivity contribution is 0.0928. The van der Waals surface area contributed by atoms with Crippen LogP contribution in [0.5, 0.6) is 0 Å². The average molecular weight is 283 g/mol. The molecule has 19 heavy (non-hydrogen) atoms. The molecule has 0 aliphatic heterocycles. The molecule has 2 rings (SSSR count). The van der Waals surface area contributed by atoms with Gasteiger partial charge in [0, 0.05) is 6.04 Å². The molecular formula is C13H19ClN4O. The predicted molar refractivity (Wildman–Crippen MR) is 75.9 cm³/mol. The van der Waals surface area contributed by atoms with E-state index in [1.54, 1.807) is 12.1 Å². The molecular weight excluding hydrogens is 264 g/mol. The van der Waals surface area contributed by atoms with Gasteiger partial charge in [-0.1, -0.05) is 31.4 Å². The Labute approximate surface area is 117 Å². The monoisotopic (exact) mass is 282 g/mol. The van der Waals surface area contributed by atoms with E-state index in [1.807, 2.05) is 0 Å². The van der Waals surface area contributed by atoms with E-state index < -0.39 is 0 Å². The number of aromatic nitrogens is 1. The number of anilines is 1. The zero-order valence-corrected chi connectivity index (χ0v) is 11.7. The van der Waals surface area contributed by atoms with Crippen LogP contribution < -0.4 is 16.6 Å². The summed E-state index contributed by atoms with van der Waals surface area (Å²) in [4.78, 5) is 16.3. The minimum atomic E-state index is -0.241. The molecule has 1 saturated carbocycles. The lowest BCUT2D eigenvalue weighted by atomic mass is 10.1. The molecule has 1 aromatic heterocycles. The summed E-state index contributed by atoms with van der Waals surface area (Å²) in [6.45, 7) is 2.07. The molecule has 1 aliphatic rings. The van der Waals surface area contributed by atoms with Crippen LogP contribution in [0.3, 0.4) is 0 Å². The quantitative estimate of drug-likeness (QED) is 0.553. The molecule has 0 saturated heterocycles. The standard InChI is InChI=1S/C13H19ClN4O/c1-2-9(7-8-3-4-8)16-13(19)12-10(14)5-6-11(17-12)18-15/h5-6,8-9H,2-4,7,15H2,1H3,(H,16,19)(H,17,18). The molecule has 1 aliphatic carbocycles. The van der Waals surface area contributed by atoms with Crippen LogP contribution in [-0.4, -0.2) is 16.9 Å². The highest BCUT2D eigenvalue weighted by molar-refractivity contribution is 6.33. The summed E-state index contributed by atoms with van der Waals surface area (Å²) in [6, 6.07) is 3.42. The minimum absolute atomic E-state index is 0.187. The number of nitrogens with zero attached hydrogens (tertiary/aromatic N) is 1. The van der Waals surface area contributed by atoms with Gasteiger partial charge in [0.2, 0.25) is 0 Å². The fourth-order valence-electron chi connectivity index (χ4n) is 2.02. The van der Waals surface area contributed by atoms with E-state index in [1.165, 1.54) is 12.8 Å². The number of hydrogen-bond donors (Lipinski definition) is 3. The summed E-state index contributed by atoms with van der Waals surface area (Å²) in [5.41, 5.74) is 2.62. The van der Waals surface area contributed by atoms with E-state index in [-0.39, 0.29) is 17.6 Å². The average Bonchev–Trinajstić information content (AvgIpc) is 3.22. The van der Waals surface area contributed by atoms with Crippen molar-refractivity contribution in [1.29, 1.82) is 0 Å². The van der Waals surface area contributed by atoms with Crippen molar-refractivity contribution in [1.82, 2.24) is 10.3 Å². The predicted octanol–water partition coefficient (Wildman–Crippen LogP) is 2.33. The number of nitrogens with two attached hydrogens (primary N) is 1. The summed E-state index contributed by atoms with van der Waals surface area (Å²) in [6.07, 6.45) is 4.50. The maximum Gasteiger partial charge on any atom is 0.271 e. The van der Waals surface area contributed by atoms with Crippen molar-refractivity contribution in [2.45, 2.75) is 38.6 Å². The Morgan fingerprint density at radius 3 is 2.89 bits per heavy atom. The molecule has 1 aromatic rings. The molecule has 1 fully saturated rings. The summed E-state index contributed by atoms with van der Waals surface area (Å²) < 4.78 is 0. The van der Waals surface area contributed by atoms with Crippen molar-refractivity contribution in [2.24, 2.45) is 11.8 Å². The summed E-state index contributed by atoms with van der Waals surface area (Å²) >= 11 is 6.00. The first-order valence-electron chi connectivity index (χ1n) is 6.58. The molecule has 0 radical (unpaired) electrons. The SMILES string of the molecule is CCC(CC1CC1)NC(=O)c1nc(NN)ccc1Cl. The number of halogens is 1. The molecule has 0 spiro atoms. The van der Waals surface area contributed by atoms with Gasteiger partial charge < -0.3 is 10.7 Å². The van der Waals surface area contributed by atoms with Crippen LogP contribution in [0.25, 0.3) is 0 Å². The third-order valence-corrected chi connectivity index (χ3v) is 3.66. The highest BCUT2D eigenvalue weighted by Crippen LogP contribution is 2.34. The van der Waals surface area contributed by atoms with E-state index in [0.29, 0.717) is 10.8 Å². The second kappa shape index (κ2) is 6.21. The van der Waals surface area contributed by atoms with Gasteiger partial charge in [0.25, 0.3) is 5.91 Å². The number of amides is 1. The van der Waals surface area contributed by atoms with Gasteiger partial charge in [0.05, 0.1) is 5.02 Å². The van der Waals surface area contributed by atoms with Crippen LogP contribution >= 0.6 is 11.6 Å². The fourth-order valence-corrected chi connectivity index (χ4v) is 2.21. The van der Waals surface area contributed by atoms with Crippen LogP contribution in [0.4, 0.5) is 5.82 Å². The molecule has 1 unspecified atom stereocenters. The number of hydrazine groups is 1. The molecule has 4 N–H and O–H groups in total. The number of nitrogen functional groups attached to an aromatic ring is 1. The third-order valence-electron chi connectivity index (χ3n) is 3.35. The third kappa shape index (κ3) is 3.81. The van der Waals surface area contributed by atoms with Gasteiger partial charge in [0.15, 0.2) is 0 Å². The first-order chi connectivity index (χ1) is 9.13. The van der Waals surface area contributed by atoms with Crippen molar-refractivity contribution >= 4 is 23.3 Å².